The van der Waals surface area contributed by atoms with Crippen molar-refractivity contribution in [3.05, 3.63) is 29.8 Å². The second-order valence-electron chi connectivity index (χ2n) is 5.21. The second-order valence-corrected chi connectivity index (χ2v) is 5.21. The van der Waals surface area contributed by atoms with Gasteiger partial charge in [-0.3, -0.25) is 4.99 Å². The van der Waals surface area contributed by atoms with Gasteiger partial charge in [-0.1, -0.05) is 25.0 Å². The predicted molar refractivity (Wildman–Crippen MR) is 75.4 cm³/mol. The number of hydrogen-bond donors (Lipinski definition) is 0. The van der Waals surface area contributed by atoms with Crippen molar-refractivity contribution in [2.75, 3.05) is 18.0 Å². The number of hydrogen-bond acceptors (Lipinski definition) is 4. The molecule has 4 heteroatoms. The van der Waals surface area contributed by atoms with Gasteiger partial charge in [-0.2, -0.15) is 4.99 Å². The van der Waals surface area contributed by atoms with E-state index in [0.29, 0.717) is 0 Å². The number of nitrogens with zero attached hydrogens (tertiary/aromatic N) is 3. The monoisotopic (exact) mass is 255 g/mol. The van der Waals surface area contributed by atoms with Gasteiger partial charge in [-0.25, -0.2) is 4.79 Å². The Hall–Kier alpha value is -1.93. The molecule has 2 aliphatic rings. The molecule has 1 heterocycles. The first-order valence-corrected chi connectivity index (χ1v) is 6.80. The van der Waals surface area contributed by atoms with Crippen molar-refractivity contribution >= 4 is 18.1 Å². The van der Waals surface area contributed by atoms with Crippen LogP contribution in [-0.4, -0.2) is 25.5 Å². The number of anilines is 1. The van der Waals surface area contributed by atoms with E-state index in [2.05, 4.69) is 33.1 Å². The third kappa shape index (κ3) is 2.20. The largest absolute Gasteiger partial charge is 0.331 e. The summed E-state index contributed by atoms with van der Waals surface area (Å²) in [4.78, 5) is 21.3. The number of rotatable bonds is 3. The van der Waals surface area contributed by atoms with Crippen LogP contribution in [0, 0.1) is 0 Å². The summed E-state index contributed by atoms with van der Waals surface area (Å²) in [7, 11) is 0. The molecule has 98 valence electrons. The van der Waals surface area contributed by atoms with Gasteiger partial charge in [0.1, 0.15) is 0 Å². The third-order valence-corrected chi connectivity index (χ3v) is 4.10. The van der Waals surface area contributed by atoms with E-state index in [1.54, 1.807) is 6.08 Å². The molecule has 0 saturated heterocycles. The summed E-state index contributed by atoms with van der Waals surface area (Å²) in [6.45, 7) is 1.77. The summed E-state index contributed by atoms with van der Waals surface area (Å²) < 4.78 is 0. The quantitative estimate of drug-likeness (QED) is 0.615. The molecule has 0 aromatic heterocycles. The number of carbonyl (C=O) groups excluding carboxylic acids is 1. The van der Waals surface area contributed by atoms with E-state index in [9.17, 15) is 4.79 Å². The highest BCUT2D eigenvalue weighted by Crippen LogP contribution is 2.42. The van der Waals surface area contributed by atoms with Crippen LogP contribution in [0.2, 0.25) is 0 Å². The van der Waals surface area contributed by atoms with Crippen LogP contribution in [-0.2, 0) is 10.3 Å². The molecular weight excluding hydrogens is 238 g/mol. The molecule has 1 aromatic carbocycles. The lowest BCUT2D eigenvalue weighted by Gasteiger charge is -2.24. The Morgan fingerprint density at radius 3 is 2.84 bits per heavy atom. The second kappa shape index (κ2) is 4.98. The van der Waals surface area contributed by atoms with Crippen molar-refractivity contribution in [1.82, 2.24) is 0 Å². The topological polar surface area (TPSA) is 45.0 Å². The first kappa shape index (κ1) is 12.1. The molecule has 1 aromatic rings. The molecule has 3 rings (SSSR count). The fourth-order valence-corrected chi connectivity index (χ4v) is 3.06. The van der Waals surface area contributed by atoms with E-state index >= 15 is 0 Å². The zero-order valence-corrected chi connectivity index (χ0v) is 10.9. The minimum atomic E-state index is -0.339. The molecule has 1 aliphatic carbocycles. The van der Waals surface area contributed by atoms with Crippen LogP contribution < -0.4 is 4.90 Å². The molecule has 0 bridgehead atoms. The normalized spacial score (nSPS) is 20.5. The van der Waals surface area contributed by atoms with Gasteiger partial charge < -0.3 is 4.90 Å². The van der Waals surface area contributed by atoms with Crippen molar-refractivity contribution < 1.29 is 4.79 Å². The Labute approximate surface area is 112 Å². The van der Waals surface area contributed by atoms with Crippen LogP contribution in [0.15, 0.2) is 34.3 Å². The molecule has 0 spiro atoms. The molecule has 0 atom stereocenters. The Bertz CT molecular complexity index is 540. The van der Waals surface area contributed by atoms with E-state index in [0.717, 1.165) is 50.0 Å². The van der Waals surface area contributed by atoms with Gasteiger partial charge in [-0.05, 0) is 30.5 Å². The van der Waals surface area contributed by atoms with Gasteiger partial charge in [0.05, 0.1) is 18.4 Å². The summed E-state index contributed by atoms with van der Waals surface area (Å²) in [6, 6.07) is 8.33. The summed E-state index contributed by atoms with van der Waals surface area (Å²) in [6.07, 6.45) is 7.79. The van der Waals surface area contributed by atoms with E-state index in [-0.39, 0.29) is 5.54 Å². The average molecular weight is 255 g/mol. The molecule has 4 nitrogen and oxygen atoms in total. The lowest BCUT2D eigenvalue weighted by Crippen LogP contribution is -2.22. The molecule has 1 aliphatic heterocycles. The average Bonchev–Trinajstić information content (AvgIpc) is 3.11. The fourth-order valence-electron chi connectivity index (χ4n) is 3.06. The van der Waals surface area contributed by atoms with Crippen molar-refractivity contribution in [2.24, 2.45) is 9.98 Å². The Morgan fingerprint density at radius 1 is 1.32 bits per heavy atom. The van der Waals surface area contributed by atoms with Gasteiger partial charge >= 0.3 is 0 Å². The molecule has 1 saturated carbocycles. The Morgan fingerprint density at radius 2 is 2.16 bits per heavy atom. The molecule has 19 heavy (non-hydrogen) atoms. The fraction of sp³-hybridized carbons (Fsp3) is 0.467. The van der Waals surface area contributed by atoms with E-state index < -0.39 is 0 Å². The van der Waals surface area contributed by atoms with Crippen LogP contribution in [0.5, 0.6) is 0 Å². The first-order chi connectivity index (χ1) is 9.34. The van der Waals surface area contributed by atoms with Crippen LogP contribution in [0.3, 0.4) is 0 Å². The molecule has 0 unspecified atom stereocenters. The lowest BCUT2D eigenvalue weighted by atomic mass is 9.88. The van der Waals surface area contributed by atoms with Crippen molar-refractivity contribution in [3.63, 3.8) is 0 Å². The van der Waals surface area contributed by atoms with Gasteiger partial charge in [0.15, 0.2) is 0 Å². The van der Waals surface area contributed by atoms with Crippen molar-refractivity contribution in [3.8, 4) is 0 Å². The van der Waals surface area contributed by atoms with E-state index in [1.165, 1.54) is 0 Å². The van der Waals surface area contributed by atoms with Gasteiger partial charge in [0, 0.05) is 12.2 Å². The Kier molecular flexibility index (Phi) is 3.18. The minimum Gasteiger partial charge on any atom is -0.331 e. The maximum absolute atomic E-state index is 10.8. The van der Waals surface area contributed by atoms with Crippen molar-refractivity contribution in [2.45, 2.75) is 31.2 Å². The molecule has 0 N–H and O–H groups in total. The smallest absolute Gasteiger partial charge is 0.235 e. The molecular formula is C15H17N3O. The summed E-state index contributed by atoms with van der Waals surface area (Å²) in [5, 5.41) is 0. The summed E-state index contributed by atoms with van der Waals surface area (Å²) in [5.74, 6) is 0. The lowest BCUT2D eigenvalue weighted by molar-refractivity contribution is 0.456. The summed E-state index contributed by atoms with van der Waals surface area (Å²) >= 11 is 0. The maximum Gasteiger partial charge on any atom is 0.235 e. The van der Waals surface area contributed by atoms with E-state index in [4.69, 9.17) is 0 Å². The minimum absolute atomic E-state index is 0.339. The zero-order chi connectivity index (χ0) is 13.1. The zero-order valence-electron chi connectivity index (χ0n) is 10.9. The number of isocyanates is 1. The van der Waals surface area contributed by atoms with E-state index in [1.807, 2.05) is 12.4 Å². The van der Waals surface area contributed by atoms with Crippen LogP contribution in [0.4, 0.5) is 5.69 Å². The van der Waals surface area contributed by atoms with Gasteiger partial charge in [0.2, 0.25) is 6.08 Å². The van der Waals surface area contributed by atoms with Gasteiger partial charge in [0.25, 0.3) is 0 Å². The highest BCUT2D eigenvalue weighted by molar-refractivity contribution is 5.81. The summed E-state index contributed by atoms with van der Waals surface area (Å²) in [5.41, 5.74) is 1.92. The van der Waals surface area contributed by atoms with Crippen LogP contribution >= 0.6 is 0 Å². The molecule has 0 radical (unpaired) electrons. The predicted octanol–water partition coefficient (Wildman–Crippen LogP) is 2.64. The number of aliphatic imine (C=N–C) groups is 2. The maximum atomic E-state index is 10.8. The standard InChI is InChI=1S/C15H17N3O/c19-12-17-15(6-1-2-7-15)13-4-3-5-14(10-13)18-9-8-16-11-18/h3-5,10-11H,1-2,6-9H2. The van der Waals surface area contributed by atoms with Crippen LogP contribution in [0.1, 0.15) is 31.2 Å². The SMILES string of the molecule is O=C=NC1(c2cccc(N3C=NCC3)c2)CCCC1. The third-order valence-electron chi connectivity index (χ3n) is 4.10. The molecule has 0 amide bonds. The van der Waals surface area contributed by atoms with Gasteiger partial charge in [-0.15, -0.1) is 0 Å². The molecule has 1 fully saturated rings. The first-order valence-electron chi connectivity index (χ1n) is 6.80. The van der Waals surface area contributed by atoms with Crippen molar-refractivity contribution in [1.29, 1.82) is 0 Å². The highest BCUT2D eigenvalue weighted by Gasteiger charge is 2.35. The number of benzene rings is 1. The van der Waals surface area contributed by atoms with Crippen LogP contribution in [0.25, 0.3) is 0 Å². The Balaban J connectivity index is 1.97. The highest BCUT2D eigenvalue weighted by atomic mass is 16.1.